The van der Waals surface area contributed by atoms with E-state index in [4.69, 9.17) is 9.47 Å². The molecule has 4 heterocycles. The molecule has 4 aromatic rings. The molecule has 2 aliphatic rings. The third-order valence-electron chi connectivity index (χ3n) is 6.13. The summed E-state index contributed by atoms with van der Waals surface area (Å²) in [6, 6.07) is 19.8. The second-order valence-corrected chi connectivity index (χ2v) is 9.55. The van der Waals surface area contributed by atoms with Gasteiger partial charge in [-0.1, -0.05) is 6.07 Å². The Labute approximate surface area is 207 Å². The molecule has 0 aliphatic carbocycles. The van der Waals surface area contributed by atoms with Crippen molar-refractivity contribution in [3.63, 3.8) is 0 Å². The lowest BCUT2D eigenvalue weighted by Gasteiger charge is -2.19. The van der Waals surface area contributed by atoms with Gasteiger partial charge in [0.1, 0.15) is 13.2 Å². The molecule has 0 spiro atoms. The standard InChI is InChI=1S/C26H25N5O3S/c32-25(30-12-1-2-13-30)17-35-20-9-7-19(8-10-20)27-26-28-24-5-3-4-21(31(24)29-26)18-6-11-22-23(16-18)34-15-14-33-22/h3-11,16H,1-2,12-15,17H2,(H,27,29). The molecule has 0 atom stereocenters. The molecule has 6 rings (SSSR count). The summed E-state index contributed by atoms with van der Waals surface area (Å²) in [5.41, 5.74) is 3.51. The van der Waals surface area contributed by atoms with Crippen molar-refractivity contribution in [1.29, 1.82) is 0 Å². The summed E-state index contributed by atoms with van der Waals surface area (Å²) in [4.78, 5) is 19.9. The molecule has 0 unspecified atom stereocenters. The van der Waals surface area contributed by atoms with E-state index >= 15 is 0 Å². The smallest absolute Gasteiger partial charge is 0.247 e. The molecule has 1 N–H and O–H groups in total. The highest BCUT2D eigenvalue weighted by Gasteiger charge is 2.18. The summed E-state index contributed by atoms with van der Waals surface area (Å²) in [5.74, 6) is 2.71. The molecule has 35 heavy (non-hydrogen) atoms. The van der Waals surface area contributed by atoms with Gasteiger partial charge >= 0.3 is 0 Å². The van der Waals surface area contributed by atoms with Crippen LogP contribution in [0, 0.1) is 0 Å². The van der Waals surface area contributed by atoms with E-state index in [1.165, 1.54) is 0 Å². The summed E-state index contributed by atoms with van der Waals surface area (Å²) in [7, 11) is 0. The van der Waals surface area contributed by atoms with Gasteiger partial charge in [0.2, 0.25) is 11.9 Å². The quantitative estimate of drug-likeness (QED) is 0.397. The molecule has 2 aliphatic heterocycles. The number of fused-ring (bicyclic) bond motifs is 2. The minimum absolute atomic E-state index is 0.220. The number of nitrogens with one attached hydrogen (secondary N) is 1. The first kappa shape index (κ1) is 21.8. The molecule has 1 fully saturated rings. The van der Waals surface area contributed by atoms with Crippen molar-refractivity contribution in [2.45, 2.75) is 17.7 Å². The van der Waals surface area contributed by atoms with Crippen LogP contribution in [0.1, 0.15) is 12.8 Å². The van der Waals surface area contributed by atoms with E-state index in [9.17, 15) is 4.79 Å². The van der Waals surface area contributed by atoms with Crippen molar-refractivity contribution in [2.75, 3.05) is 37.4 Å². The van der Waals surface area contributed by atoms with Gasteiger partial charge in [0.25, 0.3) is 0 Å². The number of carbonyl (C=O) groups excluding carboxylic acids is 1. The zero-order valence-corrected chi connectivity index (χ0v) is 20.0. The highest BCUT2D eigenvalue weighted by Crippen LogP contribution is 2.34. The summed E-state index contributed by atoms with van der Waals surface area (Å²) in [5, 5.41) is 7.98. The molecule has 0 bridgehead atoms. The van der Waals surface area contributed by atoms with Gasteiger partial charge in [0.15, 0.2) is 17.1 Å². The summed E-state index contributed by atoms with van der Waals surface area (Å²) in [6.45, 7) is 2.90. The van der Waals surface area contributed by atoms with Crippen LogP contribution in [-0.4, -0.2) is 57.5 Å². The normalized spacial score (nSPS) is 14.9. The van der Waals surface area contributed by atoms with Crippen molar-refractivity contribution >= 4 is 35.0 Å². The first-order chi connectivity index (χ1) is 17.2. The van der Waals surface area contributed by atoms with Gasteiger partial charge in [-0.2, -0.15) is 4.98 Å². The SMILES string of the molecule is O=C(CSc1ccc(Nc2nc3cccc(-c4ccc5c(c4)OCCO5)n3n2)cc1)N1CCCC1. The Hall–Kier alpha value is -3.72. The number of rotatable bonds is 6. The van der Waals surface area contributed by atoms with Gasteiger partial charge in [-0.15, -0.1) is 16.9 Å². The van der Waals surface area contributed by atoms with Gasteiger partial charge in [-0.05, 0) is 67.4 Å². The van der Waals surface area contributed by atoms with Crippen LogP contribution in [0.5, 0.6) is 11.5 Å². The maximum atomic E-state index is 12.3. The average molecular weight is 488 g/mol. The fraction of sp³-hybridized carbons (Fsp3) is 0.269. The number of hydrogen-bond donors (Lipinski definition) is 1. The van der Waals surface area contributed by atoms with Crippen molar-refractivity contribution in [1.82, 2.24) is 19.5 Å². The minimum atomic E-state index is 0.220. The number of hydrogen-bond acceptors (Lipinski definition) is 7. The fourth-order valence-corrected chi connectivity index (χ4v) is 5.15. The summed E-state index contributed by atoms with van der Waals surface area (Å²) >= 11 is 1.57. The molecule has 8 nitrogen and oxygen atoms in total. The zero-order chi connectivity index (χ0) is 23.6. The maximum absolute atomic E-state index is 12.3. The highest BCUT2D eigenvalue weighted by molar-refractivity contribution is 8.00. The molecular weight excluding hydrogens is 462 g/mol. The van der Waals surface area contributed by atoms with Crippen LogP contribution in [-0.2, 0) is 4.79 Å². The molecule has 178 valence electrons. The number of amides is 1. The van der Waals surface area contributed by atoms with Crippen LogP contribution in [0.4, 0.5) is 11.6 Å². The third-order valence-corrected chi connectivity index (χ3v) is 7.13. The topological polar surface area (TPSA) is 81.0 Å². The van der Waals surface area contributed by atoms with Gasteiger partial charge in [0, 0.05) is 29.2 Å². The Morgan fingerprint density at radius 3 is 2.60 bits per heavy atom. The van der Waals surface area contributed by atoms with E-state index in [2.05, 4.69) is 15.4 Å². The molecule has 2 aromatic heterocycles. The first-order valence-corrected chi connectivity index (χ1v) is 12.7. The Morgan fingerprint density at radius 2 is 1.77 bits per heavy atom. The van der Waals surface area contributed by atoms with Crippen molar-refractivity contribution in [3.05, 3.63) is 60.7 Å². The van der Waals surface area contributed by atoms with E-state index in [1.807, 2.05) is 70.1 Å². The minimum Gasteiger partial charge on any atom is -0.486 e. The molecular formula is C26H25N5O3S. The molecule has 9 heteroatoms. The Balaban J connectivity index is 1.16. The van der Waals surface area contributed by atoms with Crippen LogP contribution in [0.3, 0.4) is 0 Å². The molecule has 2 aromatic carbocycles. The van der Waals surface area contributed by atoms with Gasteiger partial charge in [-0.3, -0.25) is 4.79 Å². The predicted molar refractivity (Wildman–Crippen MR) is 136 cm³/mol. The second-order valence-electron chi connectivity index (χ2n) is 8.50. The van der Waals surface area contributed by atoms with Crippen molar-refractivity contribution in [3.8, 4) is 22.8 Å². The second kappa shape index (κ2) is 9.50. The van der Waals surface area contributed by atoms with Crippen molar-refractivity contribution in [2.24, 2.45) is 0 Å². The van der Waals surface area contributed by atoms with Crippen LogP contribution in [0.25, 0.3) is 16.9 Å². The maximum Gasteiger partial charge on any atom is 0.247 e. The van der Waals surface area contributed by atoms with Gasteiger partial charge < -0.3 is 19.7 Å². The van der Waals surface area contributed by atoms with Crippen LogP contribution < -0.4 is 14.8 Å². The number of likely N-dealkylation sites (tertiary alicyclic amines) is 1. The van der Waals surface area contributed by atoms with E-state index in [1.54, 1.807) is 11.8 Å². The number of ether oxygens (including phenoxy) is 2. The number of carbonyl (C=O) groups is 1. The first-order valence-electron chi connectivity index (χ1n) is 11.8. The zero-order valence-electron chi connectivity index (χ0n) is 19.1. The predicted octanol–water partition coefficient (Wildman–Crippen LogP) is 4.63. The van der Waals surface area contributed by atoms with E-state index in [0.29, 0.717) is 24.9 Å². The number of aromatic nitrogens is 3. The van der Waals surface area contributed by atoms with Crippen molar-refractivity contribution < 1.29 is 14.3 Å². The van der Waals surface area contributed by atoms with Crippen LogP contribution >= 0.6 is 11.8 Å². The lowest BCUT2D eigenvalue weighted by Crippen LogP contribution is -2.29. The lowest BCUT2D eigenvalue weighted by molar-refractivity contribution is -0.127. The number of anilines is 2. The van der Waals surface area contributed by atoms with Crippen LogP contribution in [0.15, 0.2) is 65.6 Å². The number of benzene rings is 2. The molecule has 1 amide bonds. The van der Waals surface area contributed by atoms with Gasteiger partial charge in [0.05, 0.1) is 11.4 Å². The number of nitrogens with zero attached hydrogens (tertiary/aromatic N) is 4. The molecule has 0 radical (unpaired) electrons. The number of thioether (sulfide) groups is 1. The lowest BCUT2D eigenvalue weighted by atomic mass is 10.1. The Morgan fingerprint density at radius 1 is 0.971 bits per heavy atom. The molecule has 0 saturated carbocycles. The third kappa shape index (κ3) is 4.64. The van der Waals surface area contributed by atoms with Gasteiger partial charge in [-0.25, -0.2) is 4.52 Å². The average Bonchev–Trinajstić information content (AvgIpc) is 3.58. The largest absolute Gasteiger partial charge is 0.486 e. The Kier molecular flexibility index (Phi) is 5.91. The monoisotopic (exact) mass is 487 g/mol. The van der Waals surface area contributed by atoms with E-state index in [0.717, 1.165) is 64.9 Å². The van der Waals surface area contributed by atoms with E-state index in [-0.39, 0.29) is 5.91 Å². The van der Waals surface area contributed by atoms with Crippen LogP contribution in [0.2, 0.25) is 0 Å². The number of pyridine rings is 1. The Bertz CT molecular complexity index is 1370. The molecule has 1 saturated heterocycles. The fourth-order valence-electron chi connectivity index (χ4n) is 4.35. The highest BCUT2D eigenvalue weighted by atomic mass is 32.2. The summed E-state index contributed by atoms with van der Waals surface area (Å²) in [6.07, 6.45) is 2.23. The summed E-state index contributed by atoms with van der Waals surface area (Å²) < 4.78 is 13.2. The van der Waals surface area contributed by atoms with E-state index < -0.39 is 0 Å².